The first kappa shape index (κ1) is 24.5. The van der Waals surface area contributed by atoms with Gasteiger partial charge in [-0.05, 0) is 12.8 Å². The molecule has 0 aliphatic heterocycles. The van der Waals surface area contributed by atoms with E-state index in [1.807, 2.05) is 6.07 Å². The predicted molar refractivity (Wildman–Crippen MR) is 106 cm³/mol. The third kappa shape index (κ3) is 16.0. The molecule has 0 atom stereocenters. The van der Waals surface area contributed by atoms with E-state index in [-0.39, 0.29) is 12.2 Å². The lowest BCUT2D eigenvalue weighted by Crippen LogP contribution is -2.15. The number of hydrogen-bond acceptors (Lipinski definition) is 5. The molecule has 0 bridgehead atoms. The fraction of sp³-hybridized carbons (Fsp3) is 0.810. The van der Waals surface area contributed by atoms with Crippen molar-refractivity contribution in [3.8, 4) is 6.07 Å². The number of carbonyl (C=O) groups excluding carboxylic acids is 1. The lowest BCUT2D eigenvalue weighted by molar-refractivity contribution is -0.140. The summed E-state index contributed by atoms with van der Waals surface area (Å²) in [4.78, 5) is 11.8. The van der Waals surface area contributed by atoms with Gasteiger partial charge in [0.2, 0.25) is 0 Å². The summed E-state index contributed by atoms with van der Waals surface area (Å²) in [6.07, 6.45) is 14.8. The molecule has 0 fully saturated rings. The maximum atomic E-state index is 11.8. The Labute approximate surface area is 160 Å². The Kier molecular flexibility index (Phi) is 18.6. The van der Waals surface area contributed by atoms with Crippen molar-refractivity contribution in [2.45, 2.75) is 84.5 Å². The average molecular weight is 367 g/mol. The molecule has 0 aromatic carbocycles. The van der Waals surface area contributed by atoms with Crippen molar-refractivity contribution in [3.05, 3.63) is 11.8 Å². The summed E-state index contributed by atoms with van der Waals surface area (Å²) >= 11 is 0. The van der Waals surface area contributed by atoms with E-state index in [0.29, 0.717) is 13.2 Å². The molecular weight excluding hydrogens is 328 g/mol. The van der Waals surface area contributed by atoms with E-state index in [2.05, 4.69) is 19.2 Å². The van der Waals surface area contributed by atoms with E-state index in [0.717, 1.165) is 32.2 Å². The number of carbonyl (C=O) groups is 1. The molecule has 0 aromatic rings. The SMILES string of the molecule is CCCCCCCCCCNC=C(C#N)C(=O)OCCOCCCCC. The average Bonchev–Trinajstić information content (AvgIpc) is 2.65. The van der Waals surface area contributed by atoms with E-state index < -0.39 is 5.97 Å². The largest absolute Gasteiger partial charge is 0.459 e. The lowest BCUT2D eigenvalue weighted by Gasteiger charge is -2.06. The second-order valence-corrected chi connectivity index (χ2v) is 6.55. The van der Waals surface area contributed by atoms with E-state index in [1.54, 1.807) is 0 Å². The molecule has 0 radical (unpaired) electrons. The quantitative estimate of drug-likeness (QED) is 0.162. The van der Waals surface area contributed by atoms with Gasteiger partial charge in [0.15, 0.2) is 5.57 Å². The van der Waals surface area contributed by atoms with Gasteiger partial charge >= 0.3 is 5.97 Å². The Balaban J connectivity index is 3.65. The standard InChI is InChI=1S/C21H38N2O3/c1-3-5-7-8-9-10-11-12-14-23-19-20(18-22)21(24)26-17-16-25-15-13-6-4-2/h19,23H,3-17H2,1-2H3. The van der Waals surface area contributed by atoms with E-state index in [9.17, 15) is 4.79 Å². The highest BCUT2D eigenvalue weighted by Gasteiger charge is 2.09. The molecule has 5 heteroatoms. The van der Waals surface area contributed by atoms with Gasteiger partial charge in [-0.1, -0.05) is 71.6 Å². The van der Waals surface area contributed by atoms with Gasteiger partial charge in [-0.2, -0.15) is 5.26 Å². The summed E-state index contributed by atoms with van der Waals surface area (Å²) in [6.45, 7) is 6.38. The van der Waals surface area contributed by atoms with Crippen LogP contribution in [0.15, 0.2) is 11.8 Å². The minimum absolute atomic E-state index is 0.00977. The van der Waals surface area contributed by atoms with Crippen molar-refractivity contribution in [2.75, 3.05) is 26.4 Å². The molecule has 0 amide bonds. The fourth-order valence-electron chi connectivity index (χ4n) is 2.50. The van der Waals surface area contributed by atoms with Crippen LogP contribution in [0.4, 0.5) is 0 Å². The number of esters is 1. The minimum Gasteiger partial charge on any atom is -0.459 e. The van der Waals surface area contributed by atoms with Crippen molar-refractivity contribution in [1.82, 2.24) is 5.32 Å². The summed E-state index contributed by atoms with van der Waals surface area (Å²) in [5, 5.41) is 12.1. The first-order valence-corrected chi connectivity index (χ1v) is 10.3. The van der Waals surface area contributed by atoms with Crippen molar-refractivity contribution in [2.24, 2.45) is 0 Å². The Morgan fingerprint density at radius 3 is 2.15 bits per heavy atom. The van der Waals surface area contributed by atoms with Gasteiger partial charge in [0.05, 0.1) is 6.61 Å². The number of hydrogen-bond donors (Lipinski definition) is 1. The molecule has 0 saturated heterocycles. The van der Waals surface area contributed by atoms with Crippen LogP contribution < -0.4 is 5.32 Å². The number of unbranched alkanes of at least 4 members (excludes halogenated alkanes) is 9. The van der Waals surface area contributed by atoms with Crippen LogP contribution in [0, 0.1) is 11.3 Å². The first-order valence-electron chi connectivity index (χ1n) is 10.3. The number of nitriles is 1. The highest BCUT2D eigenvalue weighted by molar-refractivity contribution is 5.92. The third-order valence-electron chi connectivity index (χ3n) is 4.11. The zero-order valence-corrected chi connectivity index (χ0v) is 16.9. The summed E-state index contributed by atoms with van der Waals surface area (Å²) in [6, 6.07) is 1.88. The molecule has 0 rings (SSSR count). The molecule has 0 aromatic heterocycles. The Morgan fingerprint density at radius 1 is 0.885 bits per heavy atom. The molecule has 150 valence electrons. The second kappa shape index (κ2) is 19.8. The molecule has 0 unspecified atom stereocenters. The molecular formula is C21H38N2O3. The van der Waals surface area contributed by atoms with E-state index in [1.165, 1.54) is 51.1 Å². The van der Waals surface area contributed by atoms with Gasteiger partial charge in [0.25, 0.3) is 0 Å². The summed E-state index contributed by atoms with van der Waals surface area (Å²) in [5.41, 5.74) is 0.00977. The number of ether oxygens (including phenoxy) is 2. The Morgan fingerprint density at radius 2 is 1.50 bits per heavy atom. The van der Waals surface area contributed by atoms with Crippen LogP contribution in [0.1, 0.15) is 84.5 Å². The van der Waals surface area contributed by atoms with E-state index in [4.69, 9.17) is 14.7 Å². The van der Waals surface area contributed by atoms with Gasteiger partial charge in [-0.3, -0.25) is 0 Å². The Bertz CT molecular complexity index is 403. The van der Waals surface area contributed by atoms with Gasteiger partial charge < -0.3 is 14.8 Å². The molecule has 0 heterocycles. The maximum absolute atomic E-state index is 11.8. The van der Waals surface area contributed by atoms with Crippen molar-refractivity contribution >= 4 is 5.97 Å². The highest BCUT2D eigenvalue weighted by Crippen LogP contribution is 2.08. The smallest absolute Gasteiger partial charge is 0.350 e. The fourth-order valence-corrected chi connectivity index (χ4v) is 2.50. The molecule has 1 N–H and O–H groups in total. The normalized spacial score (nSPS) is 11.2. The van der Waals surface area contributed by atoms with Gasteiger partial charge in [0, 0.05) is 19.4 Å². The number of nitrogens with zero attached hydrogens (tertiary/aromatic N) is 1. The summed E-state index contributed by atoms with van der Waals surface area (Å²) < 4.78 is 10.4. The van der Waals surface area contributed by atoms with Crippen LogP contribution in [0.2, 0.25) is 0 Å². The third-order valence-corrected chi connectivity index (χ3v) is 4.11. The summed E-state index contributed by atoms with van der Waals surface area (Å²) in [5.74, 6) is -0.590. The van der Waals surface area contributed by atoms with Crippen molar-refractivity contribution in [1.29, 1.82) is 5.26 Å². The number of rotatable bonds is 18. The lowest BCUT2D eigenvalue weighted by atomic mass is 10.1. The van der Waals surface area contributed by atoms with E-state index >= 15 is 0 Å². The van der Waals surface area contributed by atoms with Crippen LogP contribution >= 0.6 is 0 Å². The Hall–Kier alpha value is -1.54. The molecule has 0 aliphatic carbocycles. The first-order chi connectivity index (χ1) is 12.8. The van der Waals surface area contributed by atoms with Gasteiger partial charge in [0.1, 0.15) is 12.7 Å². The van der Waals surface area contributed by atoms with Gasteiger partial charge in [-0.15, -0.1) is 0 Å². The minimum atomic E-state index is -0.590. The van der Waals surface area contributed by atoms with Crippen molar-refractivity contribution < 1.29 is 14.3 Å². The molecule has 0 aliphatic rings. The van der Waals surface area contributed by atoms with Crippen LogP contribution in [0.5, 0.6) is 0 Å². The van der Waals surface area contributed by atoms with Crippen LogP contribution in [0.25, 0.3) is 0 Å². The molecule has 0 spiro atoms. The maximum Gasteiger partial charge on any atom is 0.350 e. The molecule has 5 nitrogen and oxygen atoms in total. The zero-order chi connectivity index (χ0) is 19.3. The zero-order valence-electron chi connectivity index (χ0n) is 16.9. The van der Waals surface area contributed by atoms with Gasteiger partial charge in [-0.25, -0.2) is 4.79 Å². The van der Waals surface area contributed by atoms with Crippen LogP contribution in [0.3, 0.4) is 0 Å². The highest BCUT2D eigenvalue weighted by atomic mass is 16.6. The molecule has 0 saturated carbocycles. The summed E-state index contributed by atoms with van der Waals surface area (Å²) in [7, 11) is 0. The monoisotopic (exact) mass is 366 g/mol. The van der Waals surface area contributed by atoms with Crippen LogP contribution in [-0.2, 0) is 14.3 Å². The van der Waals surface area contributed by atoms with Crippen LogP contribution in [-0.4, -0.2) is 32.3 Å². The topological polar surface area (TPSA) is 71.4 Å². The number of nitrogens with one attached hydrogen (secondary N) is 1. The van der Waals surface area contributed by atoms with Crippen molar-refractivity contribution in [3.63, 3.8) is 0 Å². The second-order valence-electron chi connectivity index (χ2n) is 6.55. The molecule has 26 heavy (non-hydrogen) atoms. The predicted octanol–water partition coefficient (Wildman–Crippen LogP) is 4.87.